The van der Waals surface area contributed by atoms with Crippen LogP contribution in [0, 0.1) is 0 Å². The summed E-state index contributed by atoms with van der Waals surface area (Å²) in [7, 11) is -3.30. The number of hydrogen-bond acceptors (Lipinski definition) is 5. The van der Waals surface area contributed by atoms with E-state index < -0.39 is 7.14 Å². The normalized spacial score (nSPS) is 12.0. The molecular weight excluding hydrogens is 603 g/mol. The molecule has 0 unspecified atom stereocenters. The van der Waals surface area contributed by atoms with Crippen molar-refractivity contribution in [1.29, 1.82) is 0 Å². The van der Waals surface area contributed by atoms with E-state index in [1.807, 2.05) is 66.7 Å². The minimum absolute atomic E-state index is 0.527. The number of furan rings is 1. The van der Waals surface area contributed by atoms with Crippen LogP contribution in [0.2, 0.25) is 0 Å². The number of benzene rings is 5. The first kappa shape index (κ1) is 27.0. The fraction of sp³-hybridized carbons (Fsp3) is 0. The number of para-hydroxylation sites is 1. The highest BCUT2D eigenvalue weighted by Crippen LogP contribution is 2.43. The lowest BCUT2D eigenvalue weighted by Crippen LogP contribution is -2.28. The van der Waals surface area contributed by atoms with E-state index in [4.69, 9.17) is 4.42 Å². The Morgan fingerprint density at radius 2 is 1.04 bits per heavy atom. The topological polar surface area (TPSA) is 56.0 Å². The van der Waals surface area contributed by atoms with Gasteiger partial charge in [-0.25, -0.2) is 0 Å². The summed E-state index contributed by atoms with van der Waals surface area (Å²) in [6.45, 7) is 0. The average Bonchev–Trinajstić information content (AvgIpc) is 3.69. The van der Waals surface area contributed by atoms with Gasteiger partial charge in [0.05, 0.1) is 0 Å². The lowest BCUT2D eigenvalue weighted by atomic mass is 9.99. The van der Waals surface area contributed by atoms with E-state index in [-0.39, 0.29) is 0 Å². The van der Waals surface area contributed by atoms with Gasteiger partial charge in [-0.15, -0.1) is 11.3 Å². The van der Waals surface area contributed by atoms with Gasteiger partial charge in [-0.3, -0.25) is 9.97 Å². The molecule has 4 nitrogen and oxygen atoms in total. The first-order chi connectivity index (χ1) is 22.6. The Morgan fingerprint density at radius 1 is 0.478 bits per heavy atom. The standard InChI is InChI=1S/C40H25N2O2PS/c43-45(39-12-3-5-20-41-39,40-13-4-6-21-42-40)30-9-7-8-26(22-30)28-15-18-37-33(24-28)34-25-29(16-19-38(34)46-37)27-14-17-36-32(23-27)31-10-1-2-11-35(31)44-36/h1-25H. The van der Waals surface area contributed by atoms with Crippen LogP contribution in [0.5, 0.6) is 0 Å². The van der Waals surface area contributed by atoms with Gasteiger partial charge in [0.25, 0.3) is 0 Å². The second-order valence-corrected chi connectivity index (χ2v) is 15.1. The SMILES string of the molecule is O=P(c1cccc(-c2ccc3sc4ccc(-c5ccc6oc7ccccc7c6c5)cc4c3c2)c1)(c1ccccn1)c1ccccn1. The minimum Gasteiger partial charge on any atom is -0.456 e. The van der Waals surface area contributed by atoms with Crippen molar-refractivity contribution in [3.05, 3.63) is 152 Å². The summed E-state index contributed by atoms with van der Waals surface area (Å²) in [6.07, 6.45) is 3.38. The van der Waals surface area contributed by atoms with Crippen LogP contribution in [-0.2, 0) is 4.57 Å². The van der Waals surface area contributed by atoms with Gasteiger partial charge in [0, 0.05) is 48.6 Å². The number of nitrogens with zero attached hydrogens (tertiary/aromatic N) is 2. The molecule has 5 aromatic carbocycles. The fourth-order valence-electron chi connectivity index (χ4n) is 6.39. The highest BCUT2D eigenvalue weighted by Gasteiger charge is 2.32. The molecule has 0 N–H and O–H groups in total. The summed E-state index contributed by atoms with van der Waals surface area (Å²) in [5, 5.41) is 5.39. The molecule has 6 heteroatoms. The van der Waals surface area contributed by atoms with Crippen LogP contribution < -0.4 is 16.2 Å². The Hall–Kier alpha value is -5.35. The Morgan fingerprint density at radius 3 is 1.70 bits per heavy atom. The zero-order valence-electron chi connectivity index (χ0n) is 24.5. The van der Waals surface area contributed by atoms with Gasteiger partial charge in [-0.1, -0.05) is 66.7 Å². The molecule has 0 aliphatic rings. The molecule has 0 aliphatic carbocycles. The molecule has 0 aliphatic heterocycles. The monoisotopic (exact) mass is 628 g/mol. The Balaban J connectivity index is 1.16. The predicted octanol–water partition coefficient (Wildman–Crippen LogP) is 9.72. The van der Waals surface area contributed by atoms with Gasteiger partial charge >= 0.3 is 0 Å². The van der Waals surface area contributed by atoms with Crippen LogP contribution in [-0.4, -0.2) is 9.97 Å². The van der Waals surface area contributed by atoms with E-state index in [2.05, 4.69) is 82.8 Å². The molecule has 0 fully saturated rings. The summed E-state index contributed by atoms with van der Waals surface area (Å²) >= 11 is 1.80. The maximum atomic E-state index is 14.9. The first-order valence-electron chi connectivity index (χ1n) is 15.1. The van der Waals surface area contributed by atoms with Crippen molar-refractivity contribution in [2.45, 2.75) is 0 Å². The number of pyridine rings is 2. The maximum absolute atomic E-state index is 14.9. The molecular formula is C40H25N2O2PS. The lowest BCUT2D eigenvalue weighted by molar-refractivity contribution is 0.591. The van der Waals surface area contributed by atoms with E-state index in [0.29, 0.717) is 16.2 Å². The molecule has 0 amide bonds. The third-order valence-electron chi connectivity index (χ3n) is 8.67. The van der Waals surface area contributed by atoms with Crippen molar-refractivity contribution >= 4 is 76.8 Å². The molecule has 0 bridgehead atoms. The zero-order valence-corrected chi connectivity index (χ0v) is 26.2. The molecule has 0 atom stereocenters. The second kappa shape index (κ2) is 10.6. The second-order valence-electron chi connectivity index (χ2n) is 11.4. The lowest BCUT2D eigenvalue weighted by Gasteiger charge is -2.18. The van der Waals surface area contributed by atoms with Gasteiger partial charge in [-0.2, -0.15) is 0 Å². The smallest absolute Gasteiger partial charge is 0.205 e. The van der Waals surface area contributed by atoms with E-state index in [1.165, 1.54) is 25.7 Å². The van der Waals surface area contributed by atoms with Gasteiger partial charge < -0.3 is 8.98 Å². The van der Waals surface area contributed by atoms with Gasteiger partial charge in [0.2, 0.25) is 7.14 Å². The highest BCUT2D eigenvalue weighted by atomic mass is 32.1. The van der Waals surface area contributed by atoms with Crippen LogP contribution in [0.4, 0.5) is 0 Å². The van der Waals surface area contributed by atoms with Crippen molar-refractivity contribution in [2.75, 3.05) is 0 Å². The van der Waals surface area contributed by atoms with Gasteiger partial charge in [0.15, 0.2) is 0 Å². The summed E-state index contributed by atoms with van der Waals surface area (Å²) < 4.78 is 23.5. The highest BCUT2D eigenvalue weighted by molar-refractivity contribution is 7.84. The molecule has 4 heterocycles. The van der Waals surface area contributed by atoms with Crippen LogP contribution >= 0.6 is 18.5 Å². The summed E-state index contributed by atoms with van der Waals surface area (Å²) in [5.41, 5.74) is 7.25. The first-order valence-corrected chi connectivity index (χ1v) is 17.6. The Labute approximate surface area is 269 Å². The van der Waals surface area contributed by atoms with Crippen molar-refractivity contribution in [2.24, 2.45) is 0 Å². The van der Waals surface area contributed by atoms with Crippen molar-refractivity contribution < 1.29 is 8.98 Å². The number of thiophene rings is 1. The quantitative estimate of drug-likeness (QED) is 0.178. The largest absolute Gasteiger partial charge is 0.456 e. The molecule has 0 saturated carbocycles. The third-order valence-corrected chi connectivity index (χ3v) is 12.6. The molecule has 46 heavy (non-hydrogen) atoms. The minimum atomic E-state index is -3.30. The summed E-state index contributed by atoms with van der Waals surface area (Å²) in [4.78, 5) is 9.06. The van der Waals surface area contributed by atoms with E-state index in [1.54, 1.807) is 23.7 Å². The van der Waals surface area contributed by atoms with E-state index in [9.17, 15) is 4.57 Å². The van der Waals surface area contributed by atoms with Gasteiger partial charge in [0.1, 0.15) is 22.0 Å². The molecule has 4 aromatic heterocycles. The fourth-order valence-corrected chi connectivity index (χ4v) is 9.88. The van der Waals surface area contributed by atoms with Crippen LogP contribution in [0.3, 0.4) is 0 Å². The molecule has 9 rings (SSSR count). The average molecular weight is 629 g/mol. The summed E-state index contributed by atoms with van der Waals surface area (Å²) in [5.74, 6) is 0. The Bertz CT molecular complexity index is 2580. The maximum Gasteiger partial charge on any atom is 0.205 e. The van der Waals surface area contributed by atoms with Crippen molar-refractivity contribution in [1.82, 2.24) is 9.97 Å². The molecule has 9 aromatic rings. The van der Waals surface area contributed by atoms with Crippen LogP contribution in [0.25, 0.3) is 64.4 Å². The molecule has 218 valence electrons. The Kier molecular flexibility index (Phi) is 6.24. The van der Waals surface area contributed by atoms with Crippen LogP contribution in [0.1, 0.15) is 0 Å². The number of fused-ring (bicyclic) bond motifs is 6. The van der Waals surface area contributed by atoms with E-state index >= 15 is 0 Å². The predicted molar refractivity (Wildman–Crippen MR) is 192 cm³/mol. The zero-order chi connectivity index (χ0) is 30.7. The molecule has 0 radical (unpaired) electrons. The van der Waals surface area contributed by atoms with Crippen molar-refractivity contribution in [3.63, 3.8) is 0 Å². The molecule has 0 saturated heterocycles. The summed E-state index contributed by atoms with van der Waals surface area (Å²) in [6, 6.07) is 47.1. The number of aromatic nitrogens is 2. The van der Waals surface area contributed by atoms with Crippen molar-refractivity contribution in [3.8, 4) is 22.3 Å². The van der Waals surface area contributed by atoms with Gasteiger partial charge in [-0.05, 0) is 95.1 Å². The third kappa shape index (κ3) is 4.32. The molecule has 0 spiro atoms. The van der Waals surface area contributed by atoms with Crippen LogP contribution in [0.15, 0.2) is 156 Å². The van der Waals surface area contributed by atoms with E-state index in [0.717, 1.165) is 38.6 Å². The number of rotatable bonds is 5. The number of hydrogen-bond donors (Lipinski definition) is 0.